The van der Waals surface area contributed by atoms with Crippen molar-refractivity contribution in [1.82, 2.24) is 0 Å². The SMILES string of the molecule is C/C=C/SC(=S)OCC. The van der Waals surface area contributed by atoms with E-state index in [-0.39, 0.29) is 0 Å². The van der Waals surface area contributed by atoms with Crippen molar-refractivity contribution in [1.29, 1.82) is 0 Å². The third-order valence-corrected chi connectivity index (χ3v) is 1.69. The van der Waals surface area contributed by atoms with Crippen LogP contribution >= 0.6 is 24.0 Å². The van der Waals surface area contributed by atoms with Gasteiger partial charge < -0.3 is 4.74 Å². The topological polar surface area (TPSA) is 9.23 Å². The van der Waals surface area contributed by atoms with Gasteiger partial charge in [-0.05, 0) is 43.2 Å². The lowest BCUT2D eigenvalue weighted by Gasteiger charge is -1.98. The van der Waals surface area contributed by atoms with Crippen LogP contribution in [-0.2, 0) is 4.74 Å². The number of allylic oxidation sites excluding steroid dienone is 1. The van der Waals surface area contributed by atoms with E-state index in [1.807, 2.05) is 25.3 Å². The number of thioether (sulfide) groups is 1. The van der Waals surface area contributed by atoms with E-state index in [2.05, 4.69) is 0 Å². The number of ether oxygens (including phenoxy) is 1. The molecule has 0 aliphatic carbocycles. The molecule has 0 bridgehead atoms. The smallest absolute Gasteiger partial charge is 0.224 e. The van der Waals surface area contributed by atoms with E-state index in [1.54, 1.807) is 0 Å². The molecule has 0 aromatic rings. The predicted molar refractivity (Wildman–Crippen MR) is 46.6 cm³/mol. The van der Waals surface area contributed by atoms with Gasteiger partial charge >= 0.3 is 0 Å². The minimum Gasteiger partial charge on any atom is -0.479 e. The first-order valence-electron chi connectivity index (χ1n) is 2.75. The second-order valence-electron chi connectivity index (χ2n) is 1.27. The second kappa shape index (κ2) is 6.11. The summed E-state index contributed by atoms with van der Waals surface area (Å²) in [7, 11) is 0. The van der Waals surface area contributed by atoms with Crippen molar-refractivity contribution in [2.75, 3.05) is 6.61 Å². The fraction of sp³-hybridized carbons (Fsp3) is 0.500. The van der Waals surface area contributed by atoms with E-state index < -0.39 is 0 Å². The molecular weight excluding hydrogens is 152 g/mol. The van der Waals surface area contributed by atoms with Crippen LogP contribution in [0, 0.1) is 0 Å². The van der Waals surface area contributed by atoms with Gasteiger partial charge in [-0.25, -0.2) is 0 Å². The molecule has 0 aliphatic rings. The molecule has 0 aromatic carbocycles. The number of thiocarbonyl (C=S) groups is 1. The molecule has 9 heavy (non-hydrogen) atoms. The lowest BCUT2D eigenvalue weighted by atomic mass is 10.8. The Hall–Kier alpha value is -0.0200. The van der Waals surface area contributed by atoms with Crippen LogP contribution in [-0.4, -0.2) is 11.0 Å². The largest absolute Gasteiger partial charge is 0.479 e. The van der Waals surface area contributed by atoms with Crippen LogP contribution in [0.5, 0.6) is 0 Å². The molecule has 0 fully saturated rings. The summed E-state index contributed by atoms with van der Waals surface area (Å²) in [5.41, 5.74) is 0. The van der Waals surface area contributed by atoms with E-state index in [1.165, 1.54) is 11.8 Å². The Morgan fingerprint density at radius 1 is 1.78 bits per heavy atom. The van der Waals surface area contributed by atoms with Crippen LogP contribution in [0.3, 0.4) is 0 Å². The Kier molecular flexibility index (Phi) is 6.09. The summed E-state index contributed by atoms with van der Waals surface area (Å²) < 4.78 is 5.58. The minimum absolute atomic E-state index is 0.593. The standard InChI is InChI=1S/C6H10OS2/c1-3-5-9-6(8)7-4-2/h3,5H,4H2,1-2H3/b5-3+. The van der Waals surface area contributed by atoms with E-state index >= 15 is 0 Å². The van der Waals surface area contributed by atoms with Crippen molar-refractivity contribution in [3.8, 4) is 0 Å². The highest BCUT2D eigenvalue weighted by molar-refractivity contribution is 8.24. The van der Waals surface area contributed by atoms with Gasteiger partial charge in [-0.2, -0.15) is 0 Å². The molecule has 0 aromatic heterocycles. The maximum Gasteiger partial charge on any atom is 0.224 e. The summed E-state index contributed by atoms with van der Waals surface area (Å²) >= 11 is 6.24. The molecule has 0 atom stereocenters. The summed E-state index contributed by atoms with van der Waals surface area (Å²) in [6.07, 6.45) is 1.93. The Balaban J connectivity index is 3.27. The van der Waals surface area contributed by atoms with Gasteiger partial charge in [-0.3, -0.25) is 0 Å². The molecule has 0 spiro atoms. The zero-order chi connectivity index (χ0) is 7.11. The molecule has 0 saturated heterocycles. The van der Waals surface area contributed by atoms with Crippen molar-refractivity contribution in [2.24, 2.45) is 0 Å². The van der Waals surface area contributed by atoms with Gasteiger partial charge in [0.15, 0.2) is 0 Å². The van der Waals surface area contributed by atoms with Crippen molar-refractivity contribution < 1.29 is 4.74 Å². The van der Waals surface area contributed by atoms with Gasteiger partial charge in [0.1, 0.15) is 0 Å². The summed E-state index contributed by atoms with van der Waals surface area (Å²) in [5.74, 6) is 0. The Labute approximate surface area is 65.5 Å². The number of hydrogen-bond donors (Lipinski definition) is 0. The molecule has 0 amide bonds. The maximum absolute atomic E-state index is 4.99. The molecule has 0 radical (unpaired) electrons. The first kappa shape index (κ1) is 8.98. The van der Waals surface area contributed by atoms with Gasteiger partial charge in [0.2, 0.25) is 4.38 Å². The zero-order valence-corrected chi connectivity index (χ0v) is 7.22. The Morgan fingerprint density at radius 3 is 2.89 bits per heavy atom. The molecule has 1 nitrogen and oxygen atoms in total. The molecule has 52 valence electrons. The summed E-state index contributed by atoms with van der Waals surface area (Å²) in [5, 5.41) is 1.90. The predicted octanol–water partition coefficient (Wildman–Crippen LogP) is 2.57. The zero-order valence-electron chi connectivity index (χ0n) is 5.59. The van der Waals surface area contributed by atoms with Crippen LogP contribution in [0.2, 0.25) is 0 Å². The highest BCUT2D eigenvalue weighted by Gasteiger charge is 1.89. The lowest BCUT2D eigenvalue weighted by molar-refractivity contribution is 0.346. The fourth-order valence-electron chi connectivity index (χ4n) is 0.275. The quantitative estimate of drug-likeness (QED) is 0.578. The summed E-state index contributed by atoms with van der Waals surface area (Å²) in [6, 6.07) is 0. The van der Waals surface area contributed by atoms with Crippen molar-refractivity contribution in [3.63, 3.8) is 0 Å². The molecule has 0 rings (SSSR count). The van der Waals surface area contributed by atoms with Crippen LogP contribution in [0.15, 0.2) is 11.5 Å². The molecule has 0 N–H and O–H groups in total. The average Bonchev–Trinajstić information content (AvgIpc) is 1.85. The molecule has 3 heteroatoms. The van der Waals surface area contributed by atoms with E-state index in [0.29, 0.717) is 11.0 Å². The highest BCUT2D eigenvalue weighted by Crippen LogP contribution is 2.06. The van der Waals surface area contributed by atoms with Crippen molar-refractivity contribution in [3.05, 3.63) is 11.5 Å². The Bertz CT molecular complexity index is 110. The molecule has 0 saturated carbocycles. The third kappa shape index (κ3) is 5.86. The monoisotopic (exact) mass is 162 g/mol. The molecule has 0 unspecified atom stereocenters. The third-order valence-electron chi connectivity index (χ3n) is 0.563. The van der Waals surface area contributed by atoms with E-state index in [4.69, 9.17) is 17.0 Å². The van der Waals surface area contributed by atoms with Gasteiger partial charge in [0.25, 0.3) is 0 Å². The van der Waals surface area contributed by atoms with E-state index in [0.717, 1.165) is 0 Å². The first-order chi connectivity index (χ1) is 4.31. The lowest BCUT2D eigenvalue weighted by Crippen LogP contribution is -1.92. The van der Waals surface area contributed by atoms with E-state index in [9.17, 15) is 0 Å². The van der Waals surface area contributed by atoms with Crippen LogP contribution in [0.1, 0.15) is 13.8 Å². The maximum atomic E-state index is 4.99. The highest BCUT2D eigenvalue weighted by atomic mass is 32.2. The van der Waals surface area contributed by atoms with Gasteiger partial charge in [0, 0.05) is 0 Å². The normalized spacial score (nSPS) is 10.0. The van der Waals surface area contributed by atoms with Gasteiger partial charge in [-0.15, -0.1) is 0 Å². The van der Waals surface area contributed by atoms with Crippen LogP contribution < -0.4 is 0 Å². The molecule has 0 heterocycles. The fourth-order valence-corrected chi connectivity index (χ4v) is 0.993. The first-order valence-corrected chi connectivity index (χ1v) is 4.04. The number of rotatable bonds is 2. The van der Waals surface area contributed by atoms with Crippen molar-refractivity contribution >= 4 is 28.4 Å². The Morgan fingerprint density at radius 2 is 2.44 bits per heavy atom. The molecule has 0 aliphatic heterocycles. The van der Waals surface area contributed by atoms with Crippen LogP contribution in [0.25, 0.3) is 0 Å². The minimum atomic E-state index is 0.593. The van der Waals surface area contributed by atoms with Crippen LogP contribution in [0.4, 0.5) is 0 Å². The molecular formula is C6H10OS2. The summed E-state index contributed by atoms with van der Waals surface area (Å²) in [6.45, 7) is 4.52. The van der Waals surface area contributed by atoms with Crippen molar-refractivity contribution in [2.45, 2.75) is 13.8 Å². The average molecular weight is 162 g/mol. The second-order valence-corrected chi connectivity index (χ2v) is 2.78. The number of hydrogen-bond acceptors (Lipinski definition) is 3. The summed E-state index contributed by atoms with van der Waals surface area (Å²) in [4.78, 5) is 0. The van der Waals surface area contributed by atoms with Gasteiger partial charge in [0.05, 0.1) is 6.61 Å². The van der Waals surface area contributed by atoms with Gasteiger partial charge in [-0.1, -0.05) is 6.08 Å².